The van der Waals surface area contributed by atoms with Gasteiger partial charge in [0.1, 0.15) is 0 Å². The summed E-state index contributed by atoms with van der Waals surface area (Å²) in [4.78, 5) is 16.6. The molecule has 2 heterocycles. The van der Waals surface area contributed by atoms with Crippen LogP contribution in [0.5, 0.6) is 0 Å². The maximum absolute atomic E-state index is 11.9. The Labute approximate surface area is 110 Å². The van der Waals surface area contributed by atoms with Gasteiger partial charge in [-0.15, -0.1) is 0 Å². The predicted molar refractivity (Wildman–Crippen MR) is 72.6 cm³/mol. The van der Waals surface area contributed by atoms with E-state index in [9.17, 15) is 4.79 Å². The van der Waals surface area contributed by atoms with Gasteiger partial charge >= 0.3 is 0 Å². The Balaban J connectivity index is 1.59. The molecule has 0 aliphatic carbocycles. The zero-order valence-electron chi connectivity index (χ0n) is 11.5. The average molecular weight is 254 g/mol. The van der Waals surface area contributed by atoms with E-state index in [4.69, 9.17) is 0 Å². The SMILES string of the molecule is CN1CCC(NC(=O)CCN2CCNCC2)CC1. The second kappa shape index (κ2) is 7.07. The number of likely N-dealkylation sites (tertiary alicyclic amines) is 1. The molecule has 2 rings (SSSR count). The van der Waals surface area contributed by atoms with Gasteiger partial charge in [-0.25, -0.2) is 0 Å². The Hall–Kier alpha value is -0.650. The van der Waals surface area contributed by atoms with Gasteiger partial charge in [-0.2, -0.15) is 0 Å². The van der Waals surface area contributed by atoms with Crippen molar-refractivity contribution in [2.45, 2.75) is 25.3 Å². The Kier molecular flexibility index (Phi) is 5.41. The van der Waals surface area contributed by atoms with Gasteiger partial charge in [-0.05, 0) is 33.0 Å². The number of piperazine rings is 1. The molecule has 2 aliphatic heterocycles. The van der Waals surface area contributed by atoms with Crippen molar-refractivity contribution in [2.75, 3.05) is 52.9 Å². The van der Waals surface area contributed by atoms with E-state index in [-0.39, 0.29) is 5.91 Å². The van der Waals surface area contributed by atoms with Gasteiger partial charge in [-0.1, -0.05) is 0 Å². The van der Waals surface area contributed by atoms with Gasteiger partial charge in [0.25, 0.3) is 0 Å². The fourth-order valence-electron chi connectivity index (χ4n) is 2.65. The van der Waals surface area contributed by atoms with Crippen molar-refractivity contribution in [2.24, 2.45) is 0 Å². The van der Waals surface area contributed by atoms with E-state index in [1.54, 1.807) is 0 Å². The van der Waals surface area contributed by atoms with Crippen molar-refractivity contribution in [3.63, 3.8) is 0 Å². The summed E-state index contributed by atoms with van der Waals surface area (Å²) in [5.74, 6) is 0.225. The normalized spacial score (nSPS) is 24.1. The van der Waals surface area contributed by atoms with Gasteiger partial charge in [0, 0.05) is 45.2 Å². The summed E-state index contributed by atoms with van der Waals surface area (Å²) in [6.45, 7) is 7.35. The number of piperidine rings is 1. The van der Waals surface area contributed by atoms with Crippen LogP contribution < -0.4 is 10.6 Å². The molecule has 0 bridgehead atoms. The smallest absolute Gasteiger partial charge is 0.221 e. The van der Waals surface area contributed by atoms with Gasteiger partial charge in [0.05, 0.1) is 0 Å². The molecule has 2 saturated heterocycles. The molecule has 0 aromatic heterocycles. The van der Waals surface area contributed by atoms with Crippen LogP contribution >= 0.6 is 0 Å². The van der Waals surface area contributed by atoms with E-state index in [0.717, 1.165) is 58.7 Å². The number of nitrogens with one attached hydrogen (secondary N) is 2. The fourth-order valence-corrected chi connectivity index (χ4v) is 2.65. The molecule has 2 N–H and O–H groups in total. The Morgan fingerprint density at radius 1 is 1.22 bits per heavy atom. The molecule has 2 fully saturated rings. The minimum absolute atomic E-state index is 0.225. The predicted octanol–water partition coefficient (Wildman–Crippen LogP) is -0.508. The van der Waals surface area contributed by atoms with Crippen LogP contribution in [0.3, 0.4) is 0 Å². The van der Waals surface area contributed by atoms with Crippen molar-refractivity contribution in [1.82, 2.24) is 20.4 Å². The van der Waals surface area contributed by atoms with E-state index in [0.29, 0.717) is 12.5 Å². The van der Waals surface area contributed by atoms with Crippen molar-refractivity contribution in [3.05, 3.63) is 0 Å². The van der Waals surface area contributed by atoms with Crippen LogP contribution in [0.25, 0.3) is 0 Å². The Morgan fingerprint density at radius 3 is 2.56 bits per heavy atom. The zero-order valence-corrected chi connectivity index (χ0v) is 11.5. The molecule has 0 saturated carbocycles. The van der Waals surface area contributed by atoms with Crippen LogP contribution in [0.15, 0.2) is 0 Å². The number of amides is 1. The van der Waals surface area contributed by atoms with Gasteiger partial charge in [-0.3, -0.25) is 4.79 Å². The minimum Gasteiger partial charge on any atom is -0.353 e. The molecule has 5 heteroatoms. The molecule has 5 nitrogen and oxygen atoms in total. The number of nitrogens with zero attached hydrogens (tertiary/aromatic N) is 2. The van der Waals surface area contributed by atoms with Crippen LogP contribution in [0.2, 0.25) is 0 Å². The highest BCUT2D eigenvalue weighted by atomic mass is 16.1. The monoisotopic (exact) mass is 254 g/mol. The van der Waals surface area contributed by atoms with Gasteiger partial charge in [0.15, 0.2) is 0 Å². The third-order valence-electron chi connectivity index (χ3n) is 3.95. The summed E-state index contributed by atoms with van der Waals surface area (Å²) in [6.07, 6.45) is 2.83. The highest BCUT2D eigenvalue weighted by Crippen LogP contribution is 2.08. The van der Waals surface area contributed by atoms with Crippen molar-refractivity contribution >= 4 is 5.91 Å². The van der Waals surface area contributed by atoms with E-state index in [2.05, 4.69) is 27.5 Å². The van der Waals surface area contributed by atoms with Crippen LogP contribution in [0.4, 0.5) is 0 Å². The van der Waals surface area contributed by atoms with E-state index in [1.807, 2.05) is 0 Å². The first-order chi connectivity index (χ1) is 8.74. The van der Waals surface area contributed by atoms with Gasteiger partial charge < -0.3 is 20.4 Å². The Bertz CT molecular complexity index is 258. The summed E-state index contributed by atoms with van der Waals surface area (Å²) in [5.41, 5.74) is 0. The fraction of sp³-hybridized carbons (Fsp3) is 0.923. The minimum atomic E-state index is 0.225. The maximum atomic E-state index is 11.9. The summed E-state index contributed by atoms with van der Waals surface area (Å²) >= 11 is 0. The molecule has 0 radical (unpaired) electrons. The first-order valence-electron chi connectivity index (χ1n) is 7.15. The summed E-state index contributed by atoms with van der Waals surface area (Å²) in [5, 5.41) is 6.50. The van der Waals surface area contributed by atoms with Crippen LogP contribution in [-0.4, -0.2) is 74.6 Å². The number of hydrogen-bond donors (Lipinski definition) is 2. The Morgan fingerprint density at radius 2 is 1.89 bits per heavy atom. The maximum Gasteiger partial charge on any atom is 0.221 e. The summed E-state index contributed by atoms with van der Waals surface area (Å²) in [6, 6.07) is 0.400. The lowest BCUT2D eigenvalue weighted by Gasteiger charge is -2.30. The van der Waals surface area contributed by atoms with E-state index < -0.39 is 0 Å². The topological polar surface area (TPSA) is 47.6 Å². The summed E-state index contributed by atoms with van der Waals surface area (Å²) in [7, 11) is 2.14. The molecule has 0 atom stereocenters. The molecule has 0 spiro atoms. The van der Waals surface area contributed by atoms with E-state index in [1.165, 1.54) is 0 Å². The molecule has 2 aliphatic rings. The molecular formula is C13H26N4O. The summed E-state index contributed by atoms with van der Waals surface area (Å²) < 4.78 is 0. The largest absolute Gasteiger partial charge is 0.353 e. The second-order valence-electron chi connectivity index (χ2n) is 5.49. The number of hydrogen-bond acceptors (Lipinski definition) is 4. The third kappa shape index (κ3) is 4.55. The van der Waals surface area contributed by atoms with Crippen molar-refractivity contribution in [1.29, 1.82) is 0 Å². The molecule has 0 aromatic carbocycles. The lowest BCUT2D eigenvalue weighted by Crippen LogP contribution is -2.46. The van der Waals surface area contributed by atoms with Crippen LogP contribution in [0, 0.1) is 0 Å². The van der Waals surface area contributed by atoms with Gasteiger partial charge in [0.2, 0.25) is 5.91 Å². The number of rotatable bonds is 4. The highest BCUT2D eigenvalue weighted by Gasteiger charge is 2.18. The first-order valence-corrected chi connectivity index (χ1v) is 7.15. The lowest BCUT2D eigenvalue weighted by atomic mass is 10.1. The molecule has 0 unspecified atom stereocenters. The number of carbonyl (C=O) groups is 1. The highest BCUT2D eigenvalue weighted by molar-refractivity contribution is 5.76. The third-order valence-corrected chi connectivity index (χ3v) is 3.95. The quantitative estimate of drug-likeness (QED) is 0.709. The van der Waals surface area contributed by atoms with E-state index >= 15 is 0 Å². The average Bonchev–Trinajstić information content (AvgIpc) is 2.40. The molecule has 104 valence electrons. The molecule has 0 aromatic rings. The molecule has 1 amide bonds. The number of carbonyl (C=O) groups excluding carboxylic acids is 1. The second-order valence-corrected chi connectivity index (χ2v) is 5.49. The zero-order chi connectivity index (χ0) is 12.8. The molecular weight excluding hydrogens is 228 g/mol. The first kappa shape index (κ1) is 13.8. The van der Waals surface area contributed by atoms with Crippen LogP contribution in [-0.2, 0) is 4.79 Å². The molecule has 18 heavy (non-hydrogen) atoms. The lowest BCUT2D eigenvalue weighted by molar-refractivity contribution is -0.122. The van der Waals surface area contributed by atoms with Crippen molar-refractivity contribution in [3.8, 4) is 0 Å². The standard InChI is InChI=1S/C13H26N4O/c1-16-7-2-12(3-8-16)15-13(18)4-9-17-10-5-14-6-11-17/h12,14H,2-11H2,1H3,(H,15,18). The van der Waals surface area contributed by atoms with Crippen LogP contribution in [0.1, 0.15) is 19.3 Å². The van der Waals surface area contributed by atoms with Crippen molar-refractivity contribution < 1.29 is 4.79 Å².